The minimum absolute atomic E-state index is 0.390. The van der Waals surface area contributed by atoms with Crippen molar-refractivity contribution in [2.45, 2.75) is 5.41 Å². The molecule has 10 aromatic carbocycles. The lowest BCUT2D eigenvalue weighted by atomic mass is 9.70. The highest BCUT2D eigenvalue weighted by Crippen LogP contribution is 2.63. The standard InChI is InChI=1S/C57H35N/c1-3-22-47-45(20-1)55(36-29-32-38(33-30-36)58-53-27-13-8-18-43(53)44-19-9-14-28-54(44)58)46-21-2-4-23-48(46)56(47)37-31-34-42-41-17-7-12-26-51(41)57(52(42)35-37)49-24-10-5-15-39(49)40-16-6-11-25-50(40)57/h1-35H. The molecule has 0 amide bonds. The van der Waals surface area contributed by atoms with Crippen LogP contribution in [0.4, 0.5) is 0 Å². The largest absolute Gasteiger partial charge is 0.309 e. The highest BCUT2D eigenvalue weighted by Gasteiger charge is 2.51. The van der Waals surface area contributed by atoms with Gasteiger partial charge in [-0.3, -0.25) is 0 Å². The molecule has 268 valence electrons. The van der Waals surface area contributed by atoms with Gasteiger partial charge in [-0.1, -0.05) is 182 Å². The van der Waals surface area contributed by atoms with E-state index in [-0.39, 0.29) is 0 Å². The smallest absolute Gasteiger partial charge is 0.0725 e. The van der Waals surface area contributed by atoms with Gasteiger partial charge in [0.25, 0.3) is 0 Å². The van der Waals surface area contributed by atoms with Gasteiger partial charge >= 0.3 is 0 Å². The second-order valence-electron chi connectivity index (χ2n) is 15.9. The Labute approximate surface area is 336 Å². The first kappa shape index (κ1) is 31.7. The summed E-state index contributed by atoms with van der Waals surface area (Å²) in [5, 5.41) is 7.60. The van der Waals surface area contributed by atoms with Crippen molar-refractivity contribution in [2.75, 3.05) is 0 Å². The van der Waals surface area contributed by atoms with E-state index in [2.05, 4.69) is 217 Å². The Hall–Kier alpha value is -7.48. The molecule has 0 aliphatic heterocycles. The molecule has 0 atom stereocenters. The number of hydrogen-bond donors (Lipinski definition) is 0. The summed E-state index contributed by atoms with van der Waals surface area (Å²) >= 11 is 0. The fraction of sp³-hybridized carbons (Fsp3) is 0.0175. The molecule has 2 aliphatic carbocycles. The maximum Gasteiger partial charge on any atom is 0.0725 e. The van der Waals surface area contributed by atoms with Gasteiger partial charge in [0.05, 0.1) is 16.4 Å². The lowest BCUT2D eigenvalue weighted by molar-refractivity contribution is 0.794. The Morgan fingerprint density at radius 3 is 1.12 bits per heavy atom. The molecule has 1 heterocycles. The first-order valence-electron chi connectivity index (χ1n) is 20.3. The third-order valence-corrected chi connectivity index (χ3v) is 13.2. The fourth-order valence-electron chi connectivity index (χ4n) is 11.0. The number of para-hydroxylation sites is 2. The van der Waals surface area contributed by atoms with Crippen LogP contribution < -0.4 is 0 Å². The SMILES string of the molecule is c1ccc2c(c1)-c1ccccc1C21c2ccccc2-c2ccc(-c3c4ccccc4c(-c4ccc(-n5c6ccccc6c6ccccc65)cc4)c4ccccc34)cc21. The van der Waals surface area contributed by atoms with Crippen LogP contribution >= 0.6 is 0 Å². The first-order valence-corrected chi connectivity index (χ1v) is 20.3. The summed E-state index contributed by atoms with van der Waals surface area (Å²) in [5.74, 6) is 0. The summed E-state index contributed by atoms with van der Waals surface area (Å²) in [6.45, 7) is 0. The van der Waals surface area contributed by atoms with Gasteiger partial charge in [-0.15, -0.1) is 0 Å². The van der Waals surface area contributed by atoms with Crippen molar-refractivity contribution in [3.63, 3.8) is 0 Å². The van der Waals surface area contributed by atoms with E-state index < -0.39 is 5.41 Å². The molecule has 1 spiro atoms. The number of rotatable bonds is 3. The summed E-state index contributed by atoms with van der Waals surface area (Å²) in [7, 11) is 0. The quantitative estimate of drug-likeness (QED) is 0.159. The molecule has 0 saturated heterocycles. The van der Waals surface area contributed by atoms with Crippen molar-refractivity contribution < 1.29 is 0 Å². The molecule has 0 saturated carbocycles. The van der Waals surface area contributed by atoms with Gasteiger partial charge in [-0.25, -0.2) is 0 Å². The number of aromatic nitrogens is 1. The number of benzene rings is 10. The molecule has 0 N–H and O–H groups in total. The average molecular weight is 734 g/mol. The molecule has 58 heavy (non-hydrogen) atoms. The topological polar surface area (TPSA) is 4.93 Å². The van der Waals surface area contributed by atoms with Crippen LogP contribution in [0.1, 0.15) is 22.3 Å². The summed E-state index contributed by atoms with van der Waals surface area (Å²) in [6, 6.07) is 79.3. The van der Waals surface area contributed by atoms with Gasteiger partial charge in [-0.05, 0) is 119 Å². The van der Waals surface area contributed by atoms with Gasteiger partial charge in [0.2, 0.25) is 0 Å². The number of nitrogens with zero attached hydrogens (tertiary/aromatic N) is 1. The second-order valence-corrected chi connectivity index (χ2v) is 15.9. The van der Waals surface area contributed by atoms with Crippen LogP contribution in [-0.2, 0) is 5.41 Å². The van der Waals surface area contributed by atoms with Crippen molar-refractivity contribution in [1.29, 1.82) is 0 Å². The molecule has 0 bridgehead atoms. The highest BCUT2D eigenvalue weighted by molar-refractivity contribution is 6.21. The van der Waals surface area contributed by atoms with Crippen molar-refractivity contribution >= 4 is 43.4 Å². The Kier molecular flexibility index (Phi) is 6.43. The zero-order valence-corrected chi connectivity index (χ0v) is 31.7. The van der Waals surface area contributed by atoms with Crippen LogP contribution in [0.5, 0.6) is 0 Å². The first-order chi connectivity index (χ1) is 28.8. The molecule has 0 unspecified atom stereocenters. The van der Waals surface area contributed by atoms with Crippen LogP contribution in [0, 0.1) is 0 Å². The molecule has 1 heteroatoms. The Morgan fingerprint density at radius 2 is 0.638 bits per heavy atom. The third-order valence-electron chi connectivity index (χ3n) is 13.2. The monoisotopic (exact) mass is 733 g/mol. The fourth-order valence-corrected chi connectivity index (χ4v) is 11.0. The van der Waals surface area contributed by atoms with E-state index in [1.54, 1.807) is 0 Å². The molecule has 11 aromatic rings. The minimum atomic E-state index is -0.390. The van der Waals surface area contributed by atoms with Crippen LogP contribution in [0.25, 0.3) is 93.5 Å². The van der Waals surface area contributed by atoms with Crippen LogP contribution in [0.2, 0.25) is 0 Å². The van der Waals surface area contributed by atoms with E-state index in [1.807, 2.05) is 0 Å². The number of hydrogen-bond acceptors (Lipinski definition) is 0. The van der Waals surface area contributed by atoms with E-state index in [9.17, 15) is 0 Å². The predicted molar refractivity (Wildman–Crippen MR) is 243 cm³/mol. The van der Waals surface area contributed by atoms with E-state index in [4.69, 9.17) is 0 Å². The van der Waals surface area contributed by atoms with E-state index in [0.717, 1.165) is 5.69 Å². The van der Waals surface area contributed by atoms with Gasteiger partial charge < -0.3 is 4.57 Å². The lowest BCUT2D eigenvalue weighted by Crippen LogP contribution is -2.25. The summed E-state index contributed by atoms with van der Waals surface area (Å²) in [5.41, 5.74) is 19.0. The van der Waals surface area contributed by atoms with E-state index >= 15 is 0 Å². The molecular weight excluding hydrogens is 699 g/mol. The molecule has 2 aliphatic rings. The molecule has 13 rings (SSSR count). The lowest BCUT2D eigenvalue weighted by Gasteiger charge is -2.30. The summed E-state index contributed by atoms with van der Waals surface area (Å²) in [6.07, 6.45) is 0. The van der Waals surface area contributed by atoms with Crippen molar-refractivity contribution in [1.82, 2.24) is 4.57 Å². The zero-order valence-electron chi connectivity index (χ0n) is 31.7. The molecule has 0 radical (unpaired) electrons. The number of fused-ring (bicyclic) bond motifs is 15. The maximum absolute atomic E-state index is 2.53. The van der Waals surface area contributed by atoms with Crippen molar-refractivity contribution in [2.24, 2.45) is 0 Å². The molecule has 1 aromatic heterocycles. The molecule has 1 nitrogen and oxygen atoms in total. The summed E-state index contributed by atoms with van der Waals surface area (Å²) < 4.78 is 2.40. The highest BCUT2D eigenvalue weighted by atomic mass is 15.0. The van der Waals surface area contributed by atoms with Gasteiger partial charge in [-0.2, -0.15) is 0 Å². The maximum atomic E-state index is 2.53. The summed E-state index contributed by atoms with van der Waals surface area (Å²) in [4.78, 5) is 0. The minimum Gasteiger partial charge on any atom is -0.309 e. The van der Waals surface area contributed by atoms with Gasteiger partial charge in [0.15, 0.2) is 0 Å². The average Bonchev–Trinajstić information content (AvgIpc) is 3.90. The van der Waals surface area contributed by atoms with Crippen LogP contribution in [0.15, 0.2) is 212 Å². The normalized spacial score (nSPS) is 13.3. The van der Waals surface area contributed by atoms with Gasteiger partial charge in [0, 0.05) is 16.5 Å². The third kappa shape index (κ3) is 4.05. The van der Waals surface area contributed by atoms with Gasteiger partial charge in [0.1, 0.15) is 0 Å². The molecular formula is C57H35N. The zero-order chi connectivity index (χ0) is 38.0. The Bertz CT molecular complexity index is 3330. The van der Waals surface area contributed by atoms with E-state index in [1.165, 1.54) is 110 Å². The Morgan fingerprint density at radius 1 is 0.276 bits per heavy atom. The van der Waals surface area contributed by atoms with Crippen LogP contribution in [0.3, 0.4) is 0 Å². The van der Waals surface area contributed by atoms with Crippen molar-refractivity contribution in [3.05, 3.63) is 235 Å². The Balaban J connectivity index is 1.04. The van der Waals surface area contributed by atoms with Crippen molar-refractivity contribution in [3.8, 4) is 50.2 Å². The molecule has 0 fully saturated rings. The van der Waals surface area contributed by atoms with E-state index in [0.29, 0.717) is 0 Å². The second kappa shape index (κ2) is 11.8. The predicted octanol–water partition coefficient (Wildman–Crippen LogP) is 14.8. The van der Waals surface area contributed by atoms with Crippen LogP contribution in [-0.4, -0.2) is 4.57 Å².